The van der Waals surface area contributed by atoms with Crippen molar-refractivity contribution in [3.63, 3.8) is 0 Å². The van der Waals surface area contributed by atoms with Crippen molar-refractivity contribution < 1.29 is 9.53 Å². The standard InChI is InChI=1S/C16H16ClNO3/c1-10-4-5-15(21-3)13(6-10)18-9-12(8-16(17)20)14(19)7-11(18)2/h4-7,9H,8H2,1-3H3. The second kappa shape index (κ2) is 6.14. The van der Waals surface area contributed by atoms with E-state index >= 15 is 0 Å². The van der Waals surface area contributed by atoms with Gasteiger partial charge in [0.2, 0.25) is 5.24 Å². The molecule has 21 heavy (non-hydrogen) atoms. The molecule has 0 bridgehead atoms. The molecule has 0 spiro atoms. The molecule has 0 radical (unpaired) electrons. The summed E-state index contributed by atoms with van der Waals surface area (Å²) in [7, 11) is 1.59. The van der Waals surface area contributed by atoms with E-state index in [4.69, 9.17) is 16.3 Å². The van der Waals surface area contributed by atoms with E-state index in [1.165, 1.54) is 6.07 Å². The normalized spacial score (nSPS) is 10.5. The lowest BCUT2D eigenvalue weighted by Crippen LogP contribution is -2.16. The molecule has 0 N–H and O–H groups in total. The Hall–Kier alpha value is -2.07. The van der Waals surface area contributed by atoms with E-state index in [0.29, 0.717) is 11.3 Å². The molecule has 0 atom stereocenters. The van der Waals surface area contributed by atoms with Crippen molar-refractivity contribution in [1.29, 1.82) is 0 Å². The number of ether oxygens (including phenoxy) is 1. The minimum Gasteiger partial charge on any atom is -0.495 e. The summed E-state index contributed by atoms with van der Waals surface area (Å²) in [5, 5.41) is -0.557. The Labute approximate surface area is 127 Å². The third-order valence-electron chi connectivity index (χ3n) is 3.24. The maximum atomic E-state index is 11.9. The number of carbonyl (C=O) groups excluding carboxylic acids is 1. The lowest BCUT2D eigenvalue weighted by atomic mass is 10.1. The highest BCUT2D eigenvalue weighted by molar-refractivity contribution is 6.63. The Kier molecular flexibility index (Phi) is 4.48. The first kappa shape index (κ1) is 15.3. The van der Waals surface area contributed by atoms with E-state index in [-0.39, 0.29) is 11.8 Å². The van der Waals surface area contributed by atoms with Crippen molar-refractivity contribution in [1.82, 2.24) is 4.57 Å². The summed E-state index contributed by atoms with van der Waals surface area (Å²) >= 11 is 5.39. The number of benzene rings is 1. The molecular weight excluding hydrogens is 290 g/mol. The van der Waals surface area contributed by atoms with Crippen LogP contribution < -0.4 is 10.2 Å². The third kappa shape index (κ3) is 3.34. The minimum atomic E-state index is -0.557. The average Bonchev–Trinajstić information content (AvgIpc) is 2.41. The summed E-state index contributed by atoms with van der Waals surface area (Å²) in [5.74, 6) is 0.690. The van der Waals surface area contributed by atoms with Gasteiger partial charge in [0, 0.05) is 23.5 Å². The molecule has 1 aromatic carbocycles. The molecule has 0 saturated carbocycles. The summed E-state index contributed by atoms with van der Waals surface area (Å²) < 4.78 is 7.20. The fourth-order valence-electron chi connectivity index (χ4n) is 2.20. The molecular formula is C16H16ClNO3. The first-order valence-corrected chi connectivity index (χ1v) is 6.85. The Morgan fingerprint density at radius 3 is 2.62 bits per heavy atom. The van der Waals surface area contributed by atoms with Crippen LogP contribution in [0.4, 0.5) is 0 Å². The van der Waals surface area contributed by atoms with Crippen LogP contribution in [0.5, 0.6) is 5.75 Å². The van der Waals surface area contributed by atoms with Gasteiger partial charge in [-0.2, -0.15) is 0 Å². The zero-order valence-electron chi connectivity index (χ0n) is 12.1. The zero-order chi connectivity index (χ0) is 15.6. The van der Waals surface area contributed by atoms with Gasteiger partial charge in [0.15, 0.2) is 5.43 Å². The Balaban J connectivity index is 2.66. The Morgan fingerprint density at radius 2 is 2.00 bits per heavy atom. The van der Waals surface area contributed by atoms with Gasteiger partial charge in [-0.3, -0.25) is 9.59 Å². The summed E-state index contributed by atoms with van der Waals surface area (Å²) in [6.45, 7) is 3.81. The molecule has 0 saturated heterocycles. The van der Waals surface area contributed by atoms with Crippen LogP contribution in [0, 0.1) is 13.8 Å². The third-order valence-corrected chi connectivity index (χ3v) is 3.38. The Morgan fingerprint density at radius 1 is 1.29 bits per heavy atom. The van der Waals surface area contributed by atoms with E-state index in [1.807, 2.05) is 36.6 Å². The summed E-state index contributed by atoms with van der Waals surface area (Å²) in [6, 6.07) is 7.28. The quantitative estimate of drug-likeness (QED) is 0.816. The van der Waals surface area contributed by atoms with Crippen LogP contribution in [-0.4, -0.2) is 16.9 Å². The predicted molar refractivity (Wildman–Crippen MR) is 82.6 cm³/mol. The number of hydrogen-bond donors (Lipinski definition) is 0. The minimum absolute atomic E-state index is 0.0885. The second-order valence-electron chi connectivity index (χ2n) is 4.88. The van der Waals surface area contributed by atoms with Crippen LogP contribution in [0.25, 0.3) is 5.69 Å². The van der Waals surface area contributed by atoms with Crippen LogP contribution >= 0.6 is 11.6 Å². The molecule has 0 aliphatic carbocycles. The molecule has 2 aromatic rings. The molecule has 0 aliphatic rings. The number of halogens is 1. The molecule has 5 heteroatoms. The van der Waals surface area contributed by atoms with E-state index in [9.17, 15) is 9.59 Å². The van der Waals surface area contributed by atoms with E-state index in [0.717, 1.165) is 16.9 Å². The predicted octanol–water partition coefficient (Wildman–Crippen LogP) is 2.77. The number of aromatic nitrogens is 1. The van der Waals surface area contributed by atoms with E-state index < -0.39 is 5.24 Å². The highest BCUT2D eigenvalue weighted by Crippen LogP contribution is 2.25. The second-order valence-corrected chi connectivity index (χ2v) is 5.30. The number of nitrogens with zero attached hydrogens (tertiary/aromatic N) is 1. The van der Waals surface area contributed by atoms with Gasteiger partial charge in [-0.25, -0.2) is 0 Å². The smallest absolute Gasteiger partial charge is 0.226 e. The summed E-state index contributed by atoms with van der Waals surface area (Å²) in [6.07, 6.45) is 1.56. The largest absolute Gasteiger partial charge is 0.495 e. The van der Waals surface area contributed by atoms with Gasteiger partial charge >= 0.3 is 0 Å². The number of carbonyl (C=O) groups is 1. The maximum Gasteiger partial charge on any atom is 0.226 e. The molecule has 2 rings (SSSR count). The van der Waals surface area contributed by atoms with Gasteiger partial charge in [-0.05, 0) is 43.1 Å². The number of methoxy groups -OCH3 is 1. The fraction of sp³-hybridized carbons (Fsp3) is 0.250. The number of pyridine rings is 1. The number of hydrogen-bond acceptors (Lipinski definition) is 3. The molecule has 4 nitrogen and oxygen atoms in total. The zero-order valence-corrected chi connectivity index (χ0v) is 12.9. The molecule has 0 unspecified atom stereocenters. The van der Waals surface area contributed by atoms with Crippen molar-refractivity contribution in [3.8, 4) is 11.4 Å². The van der Waals surface area contributed by atoms with E-state index in [1.54, 1.807) is 13.3 Å². The first-order chi connectivity index (χ1) is 9.92. The number of rotatable bonds is 4. The molecule has 0 aliphatic heterocycles. The average molecular weight is 306 g/mol. The molecule has 1 aromatic heterocycles. The van der Waals surface area contributed by atoms with Crippen LogP contribution in [0.1, 0.15) is 16.8 Å². The highest BCUT2D eigenvalue weighted by atomic mass is 35.5. The topological polar surface area (TPSA) is 48.3 Å². The highest BCUT2D eigenvalue weighted by Gasteiger charge is 2.11. The SMILES string of the molecule is COc1ccc(C)cc1-n1cc(CC(=O)Cl)c(=O)cc1C. The van der Waals surface area contributed by atoms with Crippen LogP contribution in [-0.2, 0) is 11.2 Å². The lowest BCUT2D eigenvalue weighted by Gasteiger charge is -2.16. The summed E-state index contributed by atoms with van der Waals surface area (Å²) in [4.78, 5) is 23.0. The molecule has 1 heterocycles. The maximum absolute atomic E-state index is 11.9. The lowest BCUT2D eigenvalue weighted by molar-refractivity contribution is -0.111. The van der Waals surface area contributed by atoms with Gasteiger partial charge in [-0.15, -0.1) is 0 Å². The molecule has 0 amide bonds. The van der Waals surface area contributed by atoms with Gasteiger partial charge in [0.05, 0.1) is 19.2 Å². The summed E-state index contributed by atoms with van der Waals surface area (Å²) in [5.41, 5.74) is 2.82. The monoisotopic (exact) mass is 305 g/mol. The van der Waals surface area contributed by atoms with Crippen LogP contribution in [0.3, 0.4) is 0 Å². The van der Waals surface area contributed by atoms with E-state index in [2.05, 4.69) is 0 Å². The van der Waals surface area contributed by atoms with Crippen molar-refractivity contribution in [3.05, 3.63) is 57.5 Å². The van der Waals surface area contributed by atoms with Crippen molar-refractivity contribution in [2.75, 3.05) is 7.11 Å². The number of aryl methyl sites for hydroxylation is 2. The van der Waals surface area contributed by atoms with Gasteiger partial charge in [0.1, 0.15) is 5.75 Å². The van der Waals surface area contributed by atoms with Crippen LogP contribution in [0.2, 0.25) is 0 Å². The van der Waals surface area contributed by atoms with Crippen molar-refractivity contribution in [2.24, 2.45) is 0 Å². The van der Waals surface area contributed by atoms with Gasteiger partial charge in [-0.1, -0.05) is 6.07 Å². The first-order valence-electron chi connectivity index (χ1n) is 6.48. The fourth-order valence-corrected chi connectivity index (χ4v) is 2.35. The van der Waals surface area contributed by atoms with Crippen molar-refractivity contribution >= 4 is 16.8 Å². The molecule has 110 valence electrons. The Bertz CT molecular complexity index is 750. The van der Waals surface area contributed by atoms with Crippen LogP contribution in [0.15, 0.2) is 35.3 Å². The van der Waals surface area contributed by atoms with Gasteiger partial charge < -0.3 is 9.30 Å². The van der Waals surface area contributed by atoms with Crippen molar-refractivity contribution in [2.45, 2.75) is 20.3 Å². The molecule has 0 fully saturated rings. The van der Waals surface area contributed by atoms with Gasteiger partial charge in [0.25, 0.3) is 0 Å².